The summed E-state index contributed by atoms with van der Waals surface area (Å²) in [5.41, 5.74) is 1.79. The fraction of sp³-hybridized carbons (Fsp3) is 0.440. The number of benzene rings is 1. The number of hydrogen-bond acceptors (Lipinski definition) is 4. The van der Waals surface area contributed by atoms with Crippen LogP contribution in [-0.2, 0) is 14.4 Å². The van der Waals surface area contributed by atoms with E-state index in [0.717, 1.165) is 11.1 Å². The third-order valence-electron chi connectivity index (χ3n) is 5.62. The molecule has 7 heteroatoms. The maximum absolute atomic E-state index is 13.3. The molecule has 1 fully saturated rings. The highest BCUT2D eigenvalue weighted by Crippen LogP contribution is 2.23. The van der Waals surface area contributed by atoms with E-state index in [9.17, 15) is 14.4 Å². The molecule has 0 aliphatic carbocycles. The van der Waals surface area contributed by atoms with Crippen LogP contribution in [0, 0.1) is 18.8 Å². The summed E-state index contributed by atoms with van der Waals surface area (Å²) in [5.74, 6) is 0.242. The second-order valence-corrected chi connectivity index (χ2v) is 8.82. The summed E-state index contributed by atoms with van der Waals surface area (Å²) in [6.07, 6.45) is 3.19. The number of piperidine rings is 1. The number of nitrogens with one attached hydrogen (secondary N) is 2. The van der Waals surface area contributed by atoms with Gasteiger partial charge in [-0.3, -0.25) is 14.4 Å². The Labute approximate surface area is 189 Å². The highest BCUT2D eigenvalue weighted by atomic mass is 16.2. The van der Waals surface area contributed by atoms with Gasteiger partial charge < -0.3 is 15.5 Å². The Morgan fingerprint density at radius 1 is 1.09 bits per heavy atom. The van der Waals surface area contributed by atoms with Crippen LogP contribution in [0.2, 0.25) is 0 Å². The van der Waals surface area contributed by atoms with Gasteiger partial charge in [0.1, 0.15) is 11.9 Å². The number of likely N-dealkylation sites (tertiary alicyclic amines) is 1. The molecule has 3 amide bonds. The van der Waals surface area contributed by atoms with E-state index >= 15 is 0 Å². The molecule has 1 aromatic heterocycles. The summed E-state index contributed by atoms with van der Waals surface area (Å²) in [7, 11) is 0. The average molecular weight is 437 g/mol. The number of anilines is 1. The van der Waals surface area contributed by atoms with Gasteiger partial charge in [0.2, 0.25) is 17.7 Å². The van der Waals surface area contributed by atoms with Crippen molar-refractivity contribution in [2.75, 3.05) is 18.4 Å². The van der Waals surface area contributed by atoms with Crippen molar-refractivity contribution in [3.63, 3.8) is 0 Å². The maximum atomic E-state index is 13.3. The van der Waals surface area contributed by atoms with Gasteiger partial charge in [-0.1, -0.05) is 44.2 Å². The van der Waals surface area contributed by atoms with Crippen LogP contribution in [0.1, 0.15) is 50.3 Å². The number of aryl methyl sites for hydroxylation is 1. The highest BCUT2D eigenvalue weighted by molar-refractivity contribution is 5.92. The molecule has 32 heavy (non-hydrogen) atoms. The molecule has 0 spiro atoms. The Morgan fingerprint density at radius 2 is 1.78 bits per heavy atom. The quantitative estimate of drug-likeness (QED) is 0.695. The largest absolute Gasteiger partial charge is 0.341 e. The number of rotatable bonds is 7. The number of hydrogen-bond donors (Lipinski definition) is 2. The van der Waals surface area contributed by atoms with Crippen molar-refractivity contribution in [2.24, 2.45) is 11.8 Å². The minimum atomic E-state index is -0.718. The van der Waals surface area contributed by atoms with E-state index in [1.165, 1.54) is 0 Å². The predicted molar refractivity (Wildman–Crippen MR) is 124 cm³/mol. The number of carbonyl (C=O) groups excluding carboxylic acids is 3. The van der Waals surface area contributed by atoms with E-state index in [1.54, 1.807) is 11.1 Å². The fourth-order valence-corrected chi connectivity index (χ4v) is 3.90. The predicted octanol–water partition coefficient (Wildman–Crippen LogP) is 3.47. The van der Waals surface area contributed by atoms with E-state index in [0.29, 0.717) is 38.2 Å². The van der Waals surface area contributed by atoms with Gasteiger partial charge in [-0.25, -0.2) is 4.98 Å². The number of nitrogens with zero attached hydrogens (tertiary/aromatic N) is 2. The molecule has 2 aromatic rings. The third-order valence-corrected chi connectivity index (χ3v) is 5.62. The van der Waals surface area contributed by atoms with Gasteiger partial charge in [0.15, 0.2) is 0 Å². The maximum Gasteiger partial charge on any atom is 0.249 e. The first-order chi connectivity index (χ1) is 15.3. The first-order valence-electron chi connectivity index (χ1n) is 11.2. The lowest BCUT2D eigenvalue weighted by atomic mass is 9.94. The van der Waals surface area contributed by atoms with E-state index in [2.05, 4.69) is 15.6 Å². The molecule has 1 aliphatic rings. The fourth-order valence-electron chi connectivity index (χ4n) is 3.90. The van der Waals surface area contributed by atoms with Crippen LogP contribution >= 0.6 is 0 Å². The molecule has 170 valence electrons. The van der Waals surface area contributed by atoms with Crippen molar-refractivity contribution in [3.05, 3.63) is 59.8 Å². The van der Waals surface area contributed by atoms with Gasteiger partial charge in [0.25, 0.3) is 0 Å². The summed E-state index contributed by atoms with van der Waals surface area (Å²) in [6.45, 7) is 6.84. The molecule has 1 atom stereocenters. The first-order valence-corrected chi connectivity index (χ1v) is 11.2. The van der Waals surface area contributed by atoms with Crippen LogP contribution in [0.15, 0.2) is 48.7 Å². The SMILES string of the molecule is Cc1ccnc(NC(=O)C2CCN(C(=O)C(NC(=O)CC(C)C)c3ccccc3)CC2)c1. The summed E-state index contributed by atoms with van der Waals surface area (Å²) in [4.78, 5) is 44.3. The Kier molecular flexibility index (Phi) is 7.98. The summed E-state index contributed by atoms with van der Waals surface area (Å²) in [5, 5.41) is 5.79. The average Bonchev–Trinajstić information content (AvgIpc) is 2.77. The zero-order valence-electron chi connectivity index (χ0n) is 19.0. The molecule has 3 rings (SSSR count). The number of aromatic nitrogens is 1. The van der Waals surface area contributed by atoms with Crippen molar-refractivity contribution in [3.8, 4) is 0 Å². The number of carbonyl (C=O) groups is 3. The van der Waals surface area contributed by atoms with Crippen molar-refractivity contribution in [1.82, 2.24) is 15.2 Å². The molecular weight excluding hydrogens is 404 g/mol. The van der Waals surface area contributed by atoms with Gasteiger partial charge >= 0.3 is 0 Å². The molecular formula is C25H32N4O3. The topological polar surface area (TPSA) is 91.4 Å². The number of pyridine rings is 1. The van der Waals surface area contributed by atoms with Crippen molar-refractivity contribution < 1.29 is 14.4 Å². The van der Waals surface area contributed by atoms with Crippen molar-refractivity contribution in [2.45, 2.75) is 46.1 Å². The molecule has 0 radical (unpaired) electrons. The van der Waals surface area contributed by atoms with E-state index in [4.69, 9.17) is 0 Å². The zero-order chi connectivity index (χ0) is 23.1. The van der Waals surface area contributed by atoms with Crippen LogP contribution < -0.4 is 10.6 Å². The van der Waals surface area contributed by atoms with Gasteiger partial charge in [-0.2, -0.15) is 0 Å². The third kappa shape index (κ3) is 6.39. The highest BCUT2D eigenvalue weighted by Gasteiger charge is 2.32. The Morgan fingerprint density at radius 3 is 2.41 bits per heavy atom. The van der Waals surface area contributed by atoms with Crippen LogP contribution in [0.3, 0.4) is 0 Å². The summed E-state index contributed by atoms with van der Waals surface area (Å²) < 4.78 is 0. The minimum absolute atomic E-state index is 0.0694. The van der Waals surface area contributed by atoms with Gasteiger partial charge in [-0.15, -0.1) is 0 Å². The summed E-state index contributed by atoms with van der Waals surface area (Å²) >= 11 is 0. The van der Waals surface area contributed by atoms with Crippen molar-refractivity contribution in [1.29, 1.82) is 0 Å². The lowest BCUT2D eigenvalue weighted by molar-refractivity contribution is -0.139. The van der Waals surface area contributed by atoms with Crippen LogP contribution in [0.25, 0.3) is 0 Å². The second-order valence-electron chi connectivity index (χ2n) is 8.82. The first kappa shape index (κ1) is 23.4. The molecule has 2 N–H and O–H groups in total. The van der Waals surface area contributed by atoms with E-state index in [1.807, 2.05) is 63.2 Å². The lowest BCUT2D eigenvalue weighted by Gasteiger charge is -2.34. The molecule has 1 saturated heterocycles. The lowest BCUT2D eigenvalue weighted by Crippen LogP contribution is -2.47. The van der Waals surface area contributed by atoms with Gasteiger partial charge in [0.05, 0.1) is 0 Å². The molecule has 1 unspecified atom stereocenters. The molecule has 1 aliphatic heterocycles. The molecule has 1 aromatic carbocycles. The molecule has 2 heterocycles. The van der Waals surface area contributed by atoms with Crippen LogP contribution in [0.4, 0.5) is 5.82 Å². The smallest absolute Gasteiger partial charge is 0.249 e. The Balaban J connectivity index is 1.62. The monoisotopic (exact) mass is 436 g/mol. The second kappa shape index (κ2) is 10.9. The molecule has 0 bridgehead atoms. The Hall–Kier alpha value is -3.22. The molecule has 7 nitrogen and oxygen atoms in total. The minimum Gasteiger partial charge on any atom is -0.341 e. The van der Waals surface area contributed by atoms with Gasteiger partial charge in [0, 0.05) is 31.6 Å². The summed E-state index contributed by atoms with van der Waals surface area (Å²) in [6, 6.07) is 12.3. The van der Waals surface area contributed by atoms with Crippen LogP contribution in [-0.4, -0.2) is 40.7 Å². The normalized spacial score (nSPS) is 15.3. The van der Waals surface area contributed by atoms with Crippen LogP contribution in [0.5, 0.6) is 0 Å². The van der Waals surface area contributed by atoms with E-state index < -0.39 is 6.04 Å². The van der Waals surface area contributed by atoms with E-state index in [-0.39, 0.29) is 29.6 Å². The number of amides is 3. The standard InChI is InChI=1S/C25H32N4O3/c1-17(2)15-22(30)28-23(19-7-5-4-6-8-19)25(32)29-13-10-20(11-14-29)24(31)27-21-16-18(3)9-12-26-21/h4-9,12,16-17,20,23H,10-11,13-15H2,1-3H3,(H,28,30)(H,26,27,31). The van der Waals surface area contributed by atoms with Gasteiger partial charge in [-0.05, 0) is 48.9 Å². The Bertz CT molecular complexity index is 937. The van der Waals surface area contributed by atoms with Crippen molar-refractivity contribution >= 4 is 23.5 Å². The molecule has 0 saturated carbocycles. The zero-order valence-corrected chi connectivity index (χ0v) is 19.0.